The second-order valence-electron chi connectivity index (χ2n) is 14.3. The standard InChI is InChI=1S/C52H43N/c1-4-16-38(17-5-1)40-30-32-43(33-31-40)46-24-10-12-28-50(46)53(45-36-34-41(35-37-45)39-18-6-2-7-19-39)51-29-13-11-25-48(51)49-27-15-23-44-22-14-26-47(52(44)49)42-20-8-3-9-21-42/h1-2,4-7,10-19,22-37,42H,3,8-9,20-21H2. The lowest BCUT2D eigenvalue weighted by molar-refractivity contribution is 0.445. The van der Waals surface area contributed by atoms with Gasteiger partial charge in [-0.3, -0.25) is 0 Å². The summed E-state index contributed by atoms with van der Waals surface area (Å²) >= 11 is 0. The van der Waals surface area contributed by atoms with E-state index in [1.54, 1.807) is 0 Å². The average Bonchev–Trinajstić information content (AvgIpc) is 3.25. The molecule has 0 N–H and O–H groups in total. The molecule has 1 aliphatic carbocycles. The van der Waals surface area contributed by atoms with E-state index in [1.807, 2.05) is 0 Å². The normalized spacial score (nSPS) is 13.2. The molecular formula is C52H43N. The van der Waals surface area contributed by atoms with E-state index >= 15 is 0 Å². The molecule has 1 nitrogen and oxygen atoms in total. The minimum absolute atomic E-state index is 0.599. The second kappa shape index (κ2) is 14.8. The molecule has 0 bridgehead atoms. The van der Waals surface area contributed by atoms with Crippen molar-refractivity contribution in [3.8, 4) is 44.5 Å². The summed E-state index contributed by atoms with van der Waals surface area (Å²) in [5.41, 5.74) is 14.7. The molecule has 0 radical (unpaired) electrons. The number of nitrogens with zero attached hydrogens (tertiary/aromatic N) is 1. The number of rotatable bonds is 8. The van der Waals surface area contributed by atoms with Crippen LogP contribution in [0.15, 0.2) is 194 Å². The van der Waals surface area contributed by atoms with Gasteiger partial charge in [0.25, 0.3) is 0 Å². The van der Waals surface area contributed by atoms with E-state index in [-0.39, 0.29) is 0 Å². The number of hydrogen-bond donors (Lipinski definition) is 0. The molecule has 0 saturated heterocycles. The predicted molar refractivity (Wildman–Crippen MR) is 226 cm³/mol. The first-order valence-electron chi connectivity index (χ1n) is 19.1. The van der Waals surface area contributed by atoms with Crippen molar-refractivity contribution in [2.45, 2.75) is 38.0 Å². The molecule has 53 heavy (non-hydrogen) atoms. The second-order valence-corrected chi connectivity index (χ2v) is 14.3. The zero-order chi connectivity index (χ0) is 35.4. The minimum atomic E-state index is 0.599. The Morgan fingerprint density at radius 3 is 1.45 bits per heavy atom. The van der Waals surface area contributed by atoms with Crippen molar-refractivity contribution >= 4 is 27.8 Å². The first kappa shape index (κ1) is 32.7. The molecule has 0 amide bonds. The third kappa shape index (κ3) is 6.56. The van der Waals surface area contributed by atoms with Gasteiger partial charge in [0.15, 0.2) is 0 Å². The Kier molecular flexibility index (Phi) is 9.14. The van der Waals surface area contributed by atoms with Crippen LogP contribution in [-0.2, 0) is 0 Å². The van der Waals surface area contributed by atoms with Crippen LogP contribution in [0, 0.1) is 0 Å². The third-order valence-electron chi connectivity index (χ3n) is 11.1. The summed E-state index contributed by atoms with van der Waals surface area (Å²) in [5, 5.41) is 2.72. The zero-order valence-electron chi connectivity index (χ0n) is 30.0. The molecule has 1 fully saturated rings. The van der Waals surface area contributed by atoms with Crippen LogP contribution in [0.4, 0.5) is 17.1 Å². The molecule has 0 atom stereocenters. The van der Waals surface area contributed by atoms with Crippen LogP contribution in [0.25, 0.3) is 55.3 Å². The van der Waals surface area contributed by atoms with Gasteiger partial charge in [0.1, 0.15) is 0 Å². The molecule has 256 valence electrons. The molecule has 8 aromatic carbocycles. The number of fused-ring (bicyclic) bond motifs is 1. The molecule has 9 rings (SSSR count). The first-order chi connectivity index (χ1) is 26.3. The van der Waals surface area contributed by atoms with E-state index in [9.17, 15) is 0 Å². The lowest BCUT2D eigenvalue weighted by atomic mass is 9.80. The zero-order valence-corrected chi connectivity index (χ0v) is 30.0. The number of benzene rings is 8. The quantitative estimate of drug-likeness (QED) is 0.154. The molecule has 1 aliphatic rings. The Hall–Kier alpha value is -6.18. The van der Waals surface area contributed by atoms with Gasteiger partial charge in [0, 0.05) is 16.8 Å². The van der Waals surface area contributed by atoms with E-state index in [0.29, 0.717) is 5.92 Å². The van der Waals surface area contributed by atoms with E-state index in [1.165, 1.54) is 98.6 Å². The Balaban J connectivity index is 1.23. The van der Waals surface area contributed by atoms with Gasteiger partial charge in [0.2, 0.25) is 0 Å². The van der Waals surface area contributed by atoms with Crippen LogP contribution in [0.3, 0.4) is 0 Å². The lowest BCUT2D eigenvalue weighted by Crippen LogP contribution is -2.12. The molecule has 0 unspecified atom stereocenters. The highest BCUT2D eigenvalue weighted by molar-refractivity contribution is 6.04. The van der Waals surface area contributed by atoms with Crippen molar-refractivity contribution in [2.75, 3.05) is 4.90 Å². The monoisotopic (exact) mass is 681 g/mol. The molecule has 0 aliphatic heterocycles. The van der Waals surface area contributed by atoms with Gasteiger partial charge >= 0.3 is 0 Å². The Labute approximate surface area is 313 Å². The largest absolute Gasteiger partial charge is 0.309 e. The predicted octanol–water partition coefficient (Wildman–Crippen LogP) is 15.0. The van der Waals surface area contributed by atoms with Crippen molar-refractivity contribution in [2.24, 2.45) is 0 Å². The summed E-state index contributed by atoms with van der Waals surface area (Å²) in [6, 6.07) is 71.1. The highest BCUT2D eigenvalue weighted by atomic mass is 15.1. The van der Waals surface area contributed by atoms with Crippen LogP contribution in [0.1, 0.15) is 43.6 Å². The topological polar surface area (TPSA) is 3.24 Å². The fraction of sp³-hybridized carbons (Fsp3) is 0.115. The van der Waals surface area contributed by atoms with Crippen molar-refractivity contribution in [1.82, 2.24) is 0 Å². The van der Waals surface area contributed by atoms with Crippen molar-refractivity contribution in [1.29, 1.82) is 0 Å². The lowest BCUT2D eigenvalue weighted by Gasteiger charge is -2.31. The van der Waals surface area contributed by atoms with Gasteiger partial charge in [0.05, 0.1) is 11.4 Å². The molecule has 0 heterocycles. The fourth-order valence-electron chi connectivity index (χ4n) is 8.47. The third-order valence-corrected chi connectivity index (χ3v) is 11.1. The summed E-state index contributed by atoms with van der Waals surface area (Å²) in [7, 11) is 0. The van der Waals surface area contributed by atoms with Crippen LogP contribution in [0.5, 0.6) is 0 Å². The number of para-hydroxylation sites is 2. The van der Waals surface area contributed by atoms with Crippen molar-refractivity contribution < 1.29 is 0 Å². The molecule has 1 heteroatoms. The fourth-order valence-corrected chi connectivity index (χ4v) is 8.47. The molecule has 0 spiro atoms. The minimum Gasteiger partial charge on any atom is -0.309 e. The van der Waals surface area contributed by atoms with Gasteiger partial charge in [-0.1, -0.05) is 189 Å². The van der Waals surface area contributed by atoms with E-state index in [4.69, 9.17) is 0 Å². The highest BCUT2D eigenvalue weighted by Crippen LogP contribution is 2.47. The van der Waals surface area contributed by atoms with Gasteiger partial charge < -0.3 is 4.90 Å². The number of hydrogen-bond acceptors (Lipinski definition) is 1. The summed E-state index contributed by atoms with van der Waals surface area (Å²) < 4.78 is 0. The highest BCUT2D eigenvalue weighted by Gasteiger charge is 2.24. The van der Waals surface area contributed by atoms with Gasteiger partial charge in [-0.15, -0.1) is 0 Å². The summed E-state index contributed by atoms with van der Waals surface area (Å²) in [6.07, 6.45) is 6.52. The SMILES string of the molecule is c1ccc(-c2ccc(-c3ccccc3N(c3ccc(-c4ccccc4)cc3)c3ccccc3-c3cccc4cccc(C5CCCCC5)c34)cc2)cc1. The molecule has 1 saturated carbocycles. The maximum atomic E-state index is 2.48. The van der Waals surface area contributed by atoms with E-state index in [0.717, 1.165) is 11.4 Å². The van der Waals surface area contributed by atoms with Gasteiger partial charge in [-0.25, -0.2) is 0 Å². The summed E-state index contributed by atoms with van der Waals surface area (Å²) in [6.45, 7) is 0. The van der Waals surface area contributed by atoms with Crippen LogP contribution < -0.4 is 4.90 Å². The van der Waals surface area contributed by atoms with Crippen molar-refractivity contribution in [3.63, 3.8) is 0 Å². The Morgan fingerprint density at radius 1 is 0.340 bits per heavy atom. The van der Waals surface area contributed by atoms with Crippen molar-refractivity contribution in [3.05, 3.63) is 200 Å². The summed E-state index contributed by atoms with van der Waals surface area (Å²) in [4.78, 5) is 2.48. The van der Waals surface area contributed by atoms with Crippen LogP contribution in [-0.4, -0.2) is 0 Å². The van der Waals surface area contributed by atoms with Crippen LogP contribution >= 0.6 is 0 Å². The Morgan fingerprint density at radius 2 is 0.811 bits per heavy atom. The van der Waals surface area contributed by atoms with E-state index < -0.39 is 0 Å². The van der Waals surface area contributed by atoms with Crippen LogP contribution in [0.2, 0.25) is 0 Å². The maximum absolute atomic E-state index is 2.48. The number of anilines is 3. The first-order valence-corrected chi connectivity index (χ1v) is 19.1. The van der Waals surface area contributed by atoms with Gasteiger partial charge in [-0.05, 0) is 92.7 Å². The van der Waals surface area contributed by atoms with E-state index in [2.05, 4.69) is 199 Å². The molecule has 8 aromatic rings. The Bertz CT molecular complexity index is 2450. The maximum Gasteiger partial charge on any atom is 0.0540 e. The molecule has 0 aromatic heterocycles. The molecular weight excluding hydrogens is 639 g/mol. The van der Waals surface area contributed by atoms with Gasteiger partial charge in [-0.2, -0.15) is 0 Å². The summed E-state index contributed by atoms with van der Waals surface area (Å²) in [5.74, 6) is 0.599. The smallest absolute Gasteiger partial charge is 0.0540 e. The average molecular weight is 682 g/mol.